The maximum absolute atomic E-state index is 12.6. The van der Waals surface area contributed by atoms with E-state index in [9.17, 15) is 9.59 Å². The maximum atomic E-state index is 12.6. The maximum Gasteiger partial charge on any atom is 0.332 e. The summed E-state index contributed by atoms with van der Waals surface area (Å²) in [4.78, 5) is 28.8. The first kappa shape index (κ1) is 15.8. The minimum Gasteiger partial charge on any atom is -0.495 e. The molecule has 2 aromatic heterocycles. The van der Waals surface area contributed by atoms with Crippen molar-refractivity contribution in [1.82, 2.24) is 14.1 Å². The first-order chi connectivity index (χ1) is 11.4. The van der Waals surface area contributed by atoms with Crippen molar-refractivity contribution in [2.24, 2.45) is 14.1 Å². The zero-order valence-electron chi connectivity index (χ0n) is 14.0. The smallest absolute Gasteiger partial charge is 0.332 e. The molecule has 3 rings (SSSR count). The fourth-order valence-electron chi connectivity index (χ4n) is 2.65. The Morgan fingerprint density at radius 3 is 2.54 bits per heavy atom. The van der Waals surface area contributed by atoms with E-state index in [1.165, 1.54) is 11.6 Å². The topological polar surface area (TPSA) is 78.2 Å². The highest BCUT2D eigenvalue weighted by molar-refractivity contribution is 5.90. The Labute approximate surface area is 138 Å². The summed E-state index contributed by atoms with van der Waals surface area (Å²) in [5.74, 6) is 0.659. The number of ether oxygens (including phenoxy) is 1. The molecule has 7 nitrogen and oxygen atoms in total. The van der Waals surface area contributed by atoms with Crippen molar-refractivity contribution in [3.8, 4) is 5.75 Å². The molecule has 0 aliphatic heterocycles. The number of rotatable bonds is 3. The van der Waals surface area contributed by atoms with Crippen LogP contribution in [0.25, 0.3) is 11.0 Å². The van der Waals surface area contributed by atoms with Crippen molar-refractivity contribution < 1.29 is 4.74 Å². The number of anilines is 2. The van der Waals surface area contributed by atoms with E-state index in [2.05, 4.69) is 10.3 Å². The van der Waals surface area contributed by atoms with Gasteiger partial charge in [-0.2, -0.15) is 0 Å². The highest BCUT2D eigenvalue weighted by Crippen LogP contribution is 2.30. The molecule has 0 aliphatic rings. The van der Waals surface area contributed by atoms with Gasteiger partial charge in [0.15, 0.2) is 5.65 Å². The molecule has 0 saturated heterocycles. The molecule has 0 spiro atoms. The van der Waals surface area contributed by atoms with Crippen molar-refractivity contribution in [3.63, 3.8) is 0 Å². The third kappa shape index (κ3) is 2.44. The quantitative estimate of drug-likeness (QED) is 0.792. The predicted molar refractivity (Wildman–Crippen MR) is 93.2 cm³/mol. The lowest BCUT2D eigenvalue weighted by Gasteiger charge is -2.14. The van der Waals surface area contributed by atoms with Gasteiger partial charge in [-0.3, -0.25) is 13.9 Å². The zero-order valence-corrected chi connectivity index (χ0v) is 14.0. The van der Waals surface area contributed by atoms with Gasteiger partial charge < -0.3 is 10.1 Å². The number of nitrogens with zero attached hydrogens (tertiary/aromatic N) is 3. The molecule has 0 aliphatic carbocycles. The molecule has 0 unspecified atom stereocenters. The van der Waals surface area contributed by atoms with Gasteiger partial charge in [0.25, 0.3) is 5.56 Å². The van der Waals surface area contributed by atoms with Gasteiger partial charge in [0.2, 0.25) is 0 Å². The van der Waals surface area contributed by atoms with Gasteiger partial charge in [-0.05, 0) is 30.7 Å². The van der Waals surface area contributed by atoms with E-state index in [1.807, 2.05) is 25.1 Å². The van der Waals surface area contributed by atoms with E-state index < -0.39 is 11.2 Å². The Kier molecular flexibility index (Phi) is 3.84. The largest absolute Gasteiger partial charge is 0.495 e. The molecule has 7 heteroatoms. The second-order valence-corrected chi connectivity index (χ2v) is 5.59. The summed E-state index contributed by atoms with van der Waals surface area (Å²) in [6.45, 7) is 1.97. The molecule has 0 atom stereocenters. The molecule has 1 N–H and O–H groups in total. The highest BCUT2D eigenvalue weighted by Gasteiger charge is 2.14. The fraction of sp³-hybridized carbons (Fsp3) is 0.235. The van der Waals surface area contributed by atoms with Crippen molar-refractivity contribution in [3.05, 3.63) is 56.9 Å². The Balaban J connectivity index is 2.27. The van der Waals surface area contributed by atoms with Crippen LogP contribution < -0.4 is 21.3 Å². The minimum atomic E-state index is -0.412. The SMILES string of the molecule is COc1ccc(C)cc1Nc1ccnc2c1c(=O)n(C)c(=O)n2C. The number of pyridine rings is 1. The summed E-state index contributed by atoms with van der Waals surface area (Å²) in [5.41, 5.74) is 1.89. The van der Waals surface area contributed by atoms with Gasteiger partial charge >= 0.3 is 5.69 Å². The molecular weight excluding hydrogens is 308 g/mol. The number of fused-ring (bicyclic) bond motifs is 1. The van der Waals surface area contributed by atoms with Crippen LogP contribution in [0.3, 0.4) is 0 Å². The van der Waals surface area contributed by atoms with Gasteiger partial charge in [0, 0.05) is 20.3 Å². The molecule has 3 aromatic rings. The van der Waals surface area contributed by atoms with Crippen LogP contribution in [-0.2, 0) is 14.1 Å². The van der Waals surface area contributed by atoms with E-state index in [0.29, 0.717) is 22.5 Å². The van der Waals surface area contributed by atoms with Crippen molar-refractivity contribution in [2.45, 2.75) is 6.92 Å². The van der Waals surface area contributed by atoms with Crippen LogP contribution in [0, 0.1) is 6.92 Å². The summed E-state index contributed by atoms with van der Waals surface area (Å²) in [6.07, 6.45) is 1.56. The first-order valence-electron chi connectivity index (χ1n) is 7.40. The standard InChI is InChI=1S/C17H18N4O3/c1-10-5-6-13(24-4)12(9-10)19-11-7-8-18-15-14(11)16(22)21(3)17(23)20(15)2/h5-9H,1-4H3,(H,18,19). The molecule has 0 radical (unpaired) electrons. The fourth-order valence-corrected chi connectivity index (χ4v) is 2.65. The van der Waals surface area contributed by atoms with E-state index in [-0.39, 0.29) is 0 Å². The molecule has 0 amide bonds. The van der Waals surface area contributed by atoms with Gasteiger partial charge in [-0.15, -0.1) is 0 Å². The average Bonchev–Trinajstić information content (AvgIpc) is 2.58. The van der Waals surface area contributed by atoms with Crippen LogP contribution in [0.4, 0.5) is 11.4 Å². The molecule has 0 saturated carbocycles. The monoisotopic (exact) mass is 326 g/mol. The van der Waals surface area contributed by atoms with Crippen molar-refractivity contribution in [1.29, 1.82) is 0 Å². The summed E-state index contributed by atoms with van der Waals surface area (Å²) < 4.78 is 7.79. The second kappa shape index (κ2) is 5.84. The summed E-state index contributed by atoms with van der Waals surface area (Å²) in [5, 5.41) is 3.58. The number of benzene rings is 1. The number of aromatic nitrogens is 3. The minimum absolute atomic E-state index is 0.333. The molecule has 24 heavy (non-hydrogen) atoms. The van der Waals surface area contributed by atoms with Crippen LogP contribution in [-0.4, -0.2) is 21.2 Å². The second-order valence-electron chi connectivity index (χ2n) is 5.59. The van der Waals surface area contributed by atoms with Crippen LogP contribution in [0.15, 0.2) is 40.1 Å². The summed E-state index contributed by atoms with van der Waals surface area (Å²) in [7, 11) is 4.63. The van der Waals surface area contributed by atoms with Gasteiger partial charge in [0.1, 0.15) is 11.1 Å². The van der Waals surface area contributed by atoms with Crippen molar-refractivity contribution in [2.75, 3.05) is 12.4 Å². The number of hydrogen-bond acceptors (Lipinski definition) is 5. The van der Waals surface area contributed by atoms with E-state index >= 15 is 0 Å². The van der Waals surface area contributed by atoms with Crippen LogP contribution in [0.2, 0.25) is 0 Å². The first-order valence-corrected chi connectivity index (χ1v) is 7.40. The summed E-state index contributed by atoms with van der Waals surface area (Å²) >= 11 is 0. The predicted octanol–water partition coefficient (Wildman–Crippen LogP) is 1.69. The molecular formula is C17H18N4O3. The van der Waals surface area contributed by atoms with Gasteiger partial charge in [0.05, 0.1) is 18.5 Å². The third-order valence-corrected chi connectivity index (χ3v) is 3.97. The van der Waals surface area contributed by atoms with Gasteiger partial charge in [-0.1, -0.05) is 6.07 Å². The Morgan fingerprint density at radius 2 is 1.83 bits per heavy atom. The van der Waals surface area contributed by atoms with E-state index in [4.69, 9.17) is 4.74 Å². The third-order valence-electron chi connectivity index (χ3n) is 3.97. The Morgan fingerprint density at radius 1 is 1.08 bits per heavy atom. The van der Waals surface area contributed by atoms with Crippen molar-refractivity contribution >= 4 is 22.4 Å². The number of aryl methyl sites for hydroxylation is 2. The molecule has 0 bridgehead atoms. The van der Waals surface area contributed by atoms with Gasteiger partial charge in [-0.25, -0.2) is 9.78 Å². The lowest BCUT2D eigenvalue weighted by Crippen LogP contribution is -2.37. The van der Waals surface area contributed by atoms with Crippen LogP contribution in [0.5, 0.6) is 5.75 Å². The lowest BCUT2D eigenvalue weighted by atomic mass is 10.2. The Hall–Kier alpha value is -3.09. The van der Waals surface area contributed by atoms with E-state index in [1.54, 1.807) is 26.4 Å². The number of nitrogens with one attached hydrogen (secondary N) is 1. The summed E-state index contributed by atoms with van der Waals surface area (Å²) in [6, 6.07) is 7.43. The number of methoxy groups -OCH3 is 1. The molecule has 2 heterocycles. The molecule has 0 fully saturated rings. The molecule has 124 valence electrons. The van der Waals surface area contributed by atoms with Crippen LogP contribution in [0.1, 0.15) is 5.56 Å². The van der Waals surface area contributed by atoms with Crippen LogP contribution >= 0.6 is 0 Å². The van der Waals surface area contributed by atoms with E-state index in [0.717, 1.165) is 15.8 Å². The normalized spacial score (nSPS) is 10.8. The molecule has 1 aromatic carbocycles. The number of hydrogen-bond donors (Lipinski definition) is 1. The zero-order chi connectivity index (χ0) is 17.4. The average molecular weight is 326 g/mol. The highest BCUT2D eigenvalue weighted by atomic mass is 16.5. The Bertz CT molecular complexity index is 1050. The lowest BCUT2D eigenvalue weighted by molar-refractivity contribution is 0.416.